The minimum Gasteiger partial charge on any atom is -0.384 e. The second-order valence-electron chi connectivity index (χ2n) is 5.20. The lowest BCUT2D eigenvalue weighted by molar-refractivity contribution is 0.0634. The molecule has 0 aromatic heterocycles. The normalized spacial score (nSPS) is 12.1. The molecule has 0 saturated carbocycles. The molecular weight excluding hydrogens is 252 g/mol. The highest BCUT2D eigenvalue weighted by molar-refractivity contribution is 5.99. The number of benzene rings is 1. The third-order valence-corrected chi connectivity index (χ3v) is 3.36. The van der Waals surface area contributed by atoms with Gasteiger partial charge in [-0.3, -0.25) is 4.79 Å². The molecule has 1 atom stereocenters. The number of nitrogens with one attached hydrogen (secondary N) is 1. The van der Waals surface area contributed by atoms with Gasteiger partial charge in [0.1, 0.15) is 0 Å². The first-order valence-electron chi connectivity index (χ1n) is 7.11. The molecule has 1 aromatic carbocycles. The maximum atomic E-state index is 12.6. The average molecular weight is 278 g/mol. The highest BCUT2D eigenvalue weighted by Gasteiger charge is 2.20. The zero-order valence-electron chi connectivity index (χ0n) is 13.2. The van der Waals surface area contributed by atoms with Crippen molar-refractivity contribution in [2.45, 2.75) is 33.2 Å². The van der Waals surface area contributed by atoms with Crippen LogP contribution < -0.4 is 5.32 Å². The van der Waals surface area contributed by atoms with Gasteiger partial charge in [0.15, 0.2) is 0 Å². The summed E-state index contributed by atoms with van der Waals surface area (Å²) in [5.74, 6) is 0.0249. The summed E-state index contributed by atoms with van der Waals surface area (Å²) in [5.41, 5.74) is 2.71. The van der Waals surface area contributed by atoms with Crippen LogP contribution in [0.3, 0.4) is 0 Å². The van der Waals surface area contributed by atoms with Crippen molar-refractivity contribution >= 4 is 11.6 Å². The van der Waals surface area contributed by atoms with Gasteiger partial charge in [0.05, 0.1) is 18.2 Å². The molecular formula is C16H26N2O2. The highest BCUT2D eigenvalue weighted by Crippen LogP contribution is 2.20. The van der Waals surface area contributed by atoms with E-state index in [0.717, 1.165) is 29.8 Å². The summed E-state index contributed by atoms with van der Waals surface area (Å²) in [4.78, 5) is 14.4. The Morgan fingerprint density at radius 2 is 2.15 bits per heavy atom. The number of carbonyl (C=O) groups excluding carboxylic acids is 1. The van der Waals surface area contributed by atoms with Gasteiger partial charge in [-0.2, -0.15) is 0 Å². The Hall–Kier alpha value is -1.55. The number of methoxy groups -OCH3 is 1. The zero-order valence-corrected chi connectivity index (χ0v) is 13.2. The molecule has 4 nitrogen and oxygen atoms in total. The van der Waals surface area contributed by atoms with Crippen LogP contribution in [0, 0.1) is 6.92 Å². The molecule has 0 saturated heterocycles. The summed E-state index contributed by atoms with van der Waals surface area (Å²) in [5, 5.41) is 3.32. The molecule has 20 heavy (non-hydrogen) atoms. The summed E-state index contributed by atoms with van der Waals surface area (Å²) in [6, 6.07) is 5.99. The van der Waals surface area contributed by atoms with Gasteiger partial charge in [-0.15, -0.1) is 0 Å². The standard InChI is InChI=1S/C16H26N2O2/c1-6-9-17-15-8-7-12(2)10-14(15)16(19)18(4)13(3)11-20-5/h7-8,10,13,17H,6,9,11H2,1-5H3. The number of nitrogens with zero attached hydrogens (tertiary/aromatic N) is 1. The number of hydrogen-bond acceptors (Lipinski definition) is 3. The van der Waals surface area contributed by atoms with Crippen LogP contribution in [0.5, 0.6) is 0 Å². The van der Waals surface area contributed by atoms with E-state index >= 15 is 0 Å². The topological polar surface area (TPSA) is 41.6 Å². The first-order valence-corrected chi connectivity index (χ1v) is 7.11. The molecule has 0 heterocycles. The largest absolute Gasteiger partial charge is 0.384 e. The van der Waals surface area contributed by atoms with Crippen LogP contribution in [0.1, 0.15) is 36.2 Å². The number of likely N-dealkylation sites (N-methyl/N-ethyl adjacent to an activating group) is 1. The Labute approximate surface area is 122 Å². The summed E-state index contributed by atoms with van der Waals surface area (Å²) in [6.45, 7) is 7.48. The maximum absolute atomic E-state index is 12.6. The van der Waals surface area contributed by atoms with Crippen molar-refractivity contribution in [3.05, 3.63) is 29.3 Å². The second kappa shape index (κ2) is 7.90. The fourth-order valence-electron chi connectivity index (χ4n) is 1.99. The van der Waals surface area contributed by atoms with Crippen LogP contribution in [-0.4, -0.2) is 44.2 Å². The molecule has 1 rings (SSSR count). The first kappa shape index (κ1) is 16.5. The van der Waals surface area contributed by atoms with Crippen molar-refractivity contribution in [1.29, 1.82) is 0 Å². The lowest BCUT2D eigenvalue weighted by Crippen LogP contribution is -2.38. The van der Waals surface area contributed by atoms with Gasteiger partial charge in [0.2, 0.25) is 0 Å². The highest BCUT2D eigenvalue weighted by atomic mass is 16.5. The van der Waals surface area contributed by atoms with E-state index in [-0.39, 0.29) is 11.9 Å². The average Bonchev–Trinajstić information content (AvgIpc) is 2.44. The molecule has 0 aliphatic heterocycles. The Kier molecular flexibility index (Phi) is 6.52. The quantitative estimate of drug-likeness (QED) is 0.834. The van der Waals surface area contributed by atoms with E-state index in [1.165, 1.54) is 0 Å². The number of aryl methyl sites for hydroxylation is 1. The molecule has 1 unspecified atom stereocenters. The summed E-state index contributed by atoms with van der Waals surface area (Å²) >= 11 is 0. The van der Waals surface area contributed by atoms with Crippen molar-refractivity contribution in [3.8, 4) is 0 Å². The monoisotopic (exact) mass is 278 g/mol. The van der Waals surface area contributed by atoms with E-state index in [4.69, 9.17) is 4.74 Å². The van der Waals surface area contributed by atoms with Crippen LogP contribution >= 0.6 is 0 Å². The summed E-state index contributed by atoms with van der Waals surface area (Å²) in [6.07, 6.45) is 1.03. The number of anilines is 1. The van der Waals surface area contributed by atoms with Gasteiger partial charge in [-0.05, 0) is 32.4 Å². The van der Waals surface area contributed by atoms with E-state index in [1.54, 1.807) is 12.0 Å². The van der Waals surface area contributed by atoms with Crippen molar-refractivity contribution in [2.24, 2.45) is 0 Å². The number of hydrogen-bond donors (Lipinski definition) is 1. The van der Waals surface area contributed by atoms with Crippen LogP contribution in [0.15, 0.2) is 18.2 Å². The molecule has 0 aliphatic rings. The van der Waals surface area contributed by atoms with E-state index in [9.17, 15) is 4.79 Å². The van der Waals surface area contributed by atoms with Crippen molar-refractivity contribution in [2.75, 3.05) is 32.6 Å². The second-order valence-corrected chi connectivity index (χ2v) is 5.20. The molecule has 112 valence electrons. The van der Waals surface area contributed by atoms with Crippen LogP contribution in [0.2, 0.25) is 0 Å². The fourth-order valence-corrected chi connectivity index (χ4v) is 1.99. The van der Waals surface area contributed by atoms with Gasteiger partial charge in [-0.1, -0.05) is 18.6 Å². The van der Waals surface area contributed by atoms with Crippen molar-refractivity contribution < 1.29 is 9.53 Å². The van der Waals surface area contributed by atoms with E-state index in [2.05, 4.69) is 12.2 Å². The molecule has 0 radical (unpaired) electrons. The summed E-state index contributed by atoms with van der Waals surface area (Å²) < 4.78 is 5.12. The van der Waals surface area contributed by atoms with E-state index in [0.29, 0.717) is 6.61 Å². The van der Waals surface area contributed by atoms with Gasteiger partial charge >= 0.3 is 0 Å². The van der Waals surface area contributed by atoms with Crippen molar-refractivity contribution in [1.82, 2.24) is 4.90 Å². The zero-order chi connectivity index (χ0) is 15.1. The minimum atomic E-state index is 0.0249. The molecule has 0 bridgehead atoms. The molecule has 1 amide bonds. The molecule has 1 aromatic rings. The van der Waals surface area contributed by atoms with Crippen LogP contribution in [0.25, 0.3) is 0 Å². The Morgan fingerprint density at radius 3 is 2.75 bits per heavy atom. The lowest BCUT2D eigenvalue weighted by atomic mass is 10.1. The van der Waals surface area contributed by atoms with E-state index < -0.39 is 0 Å². The van der Waals surface area contributed by atoms with Gasteiger partial charge in [-0.25, -0.2) is 0 Å². The molecule has 0 spiro atoms. The number of carbonyl (C=O) groups is 1. The van der Waals surface area contributed by atoms with Gasteiger partial charge < -0.3 is 15.0 Å². The molecule has 4 heteroatoms. The third kappa shape index (κ3) is 4.23. The Morgan fingerprint density at radius 1 is 1.45 bits per heavy atom. The Bertz CT molecular complexity index is 446. The molecule has 1 N–H and O–H groups in total. The number of ether oxygens (including phenoxy) is 1. The van der Waals surface area contributed by atoms with Gasteiger partial charge in [0, 0.05) is 26.4 Å². The van der Waals surface area contributed by atoms with Crippen molar-refractivity contribution in [3.63, 3.8) is 0 Å². The number of amides is 1. The predicted molar refractivity (Wildman–Crippen MR) is 83.4 cm³/mol. The Balaban J connectivity index is 2.97. The smallest absolute Gasteiger partial charge is 0.256 e. The summed E-state index contributed by atoms with van der Waals surface area (Å²) in [7, 11) is 3.47. The third-order valence-electron chi connectivity index (χ3n) is 3.36. The lowest BCUT2D eigenvalue weighted by Gasteiger charge is -2.25. The minimum absolute atomic E-state index is 0.0249. The van der Waals surface area contributed by atoms with Gasteiger partial charge in [0.25, 0.3) is 5.91 Å². The molecule has 0 fully saturated rings. The SMILES string of the molecule is CCCNc1ccc(C)cc1C(=O)N(C)C(C)COC. The maximum Gasteiger partial charge on any atom is 0.256 e. The van der Waals surface area contributed by atoms with Crippen LogP contribution in [-0.2, 0) is 4.74 Å². The van der Waals surface area contributed by atoms with E-state index in [1.807, 2.05) is 39.1 Å². The first-order chi connectivity index (χ1) is 9.51. The fraction of sp³-hybridized carbons (Fsp3) is 0.562. The van der Waals surface area contributed by atoms with Crippen LogP contribution in [0.4, 0.5) is 5.69 Å². The molecule has 0 aliphatic carbocycles. The predicted octanol–water partition coefficient (Wildman–Crippen LogP) is 2.92. The number of rotatable bonds is 7.